The number of rotatable bonds is 4. The Morgan fingerprint density at radius 1 is 1.35 bits per heavy atom. The number of carbonyl (C=O) groups is 1. The highest BCUT2D eigenvalue weighted by Crippen LogP contribution is 2.28. The summed E-state index contributed by atoms with van der Waals surface area (Å²) in [6.07, 6.45) is 1.79. The Balaban J connectivity index is 1.87. The summed E-state index contributed by atoms with van der Waals surface area (Å²) in [4.78, 5) is 17.9. The number of piperazine rings is 1. The minimum absolute atomic E-state index is 0.141. The third kappa shape index (κ3) is 2.42. The maximum atomic E-state index is 12.5. The molecule has 1 aliphatic rings. The van der Waals surface area contributed by atoms with Gasteiger partial charge in [-0.2, -0.15) is 0 Å². The molecule has 106 valence electrons. The first-order chi connectivity index (χ1) is 9.79. The molecule has 0 radical (unpaired) electrons. The summed E-state index contributed by atoms with van der Waals surface area (Å²) in [5.41, 5.74) is 1.66. The zero-order valence-corrected chi connectivity index (χ0v) is 11.6. The monoisotopic (exact) mass is 273 g/mol. The molecular weight excluding hydrogens is 254 g/mol. The molecule has 0 spiro atoms. The predicted molar refractivity (Wildman–Crippen MR) is 78.5 cm³/mol. The van der Waals surface area contributed by atoms with E-state index in [-0.39, 0.29) is 5.78 Å². The van der Waals surface area contributed by atoms with E-state index in [1.54, 1.807) is 13.3 Å². The fraction of sp³-hybridized carbons (Fsp3) is 0.400. The smallest absolute Gasteiger partial charge is 0.179 e. The van der Waals surface area contributed by atoms with E-state index in [4.69, 9.17) is 4.74 Å². The van der Waals surface area contributed by atoms with Crippen molar-refractivity contribution < 1.29 is 9.53 Å². The topological polar surface area (TPSA) is 57.4 Å². The van der Waals surface area contributed by atoms with Crippen molar-refractivity contribution in [1.29, 1.82) is 0 Å². The summed E-state index contributed by atoms with van der Waals surface area (Å²) in [5, 5.41) is 4.18. The van der Waals surface area contributed by atoms with Crippen molar-refractivity contribution in [2.24, 2.45) is 0 Å². The largest absolute Gasteiger partial charge is 0.496 e. The first-order valence-electron chi connectivity index (χ1n) is 6.90. The lowest BCUT2D eigenvalue weighted by Gasteiger charge is -2.26. The van der Waals surface area contributed by atoms with Crippen LogP contribution < -0.4 is 10.1 Å². The van der Waals surface area contributed by atoms with Gasteiger partial charge in [-0.15, -0.1) is 0 Å². The van der Waals surface area contributed by atoms with Crippen LogP contribution in [0.3, 0.4) is 0 Å². The van der Waals surface area contributed by atoms with Crippen molar-refractivity contribution in [3.05, 3.63) is 30.0 Å². The number of nitrogens with one attached hydrogen (secondary N) is 2. The normalized spacial score (nSPS) is 16.4. The number of ether oxygens (including phenoxy) is 1. The number of hydrogen-bond donors (Lipinski definition) is 2. The lowest BCUT2D eigenvalue weighted by atomic mass is 10.1. The SMILES string of the molecule is COc1cccc2[nH]cc(C(=O)CN3CCNCC3)c12. The molecule has 0 saturated carbocycles. The zero-order valence-electron chi connectivity index (χ0n) is 11.6. The molecule has 0 bridgehead atoms. The van der Waals surface area contributed by atoms with Gasteiger partial charge in [0.1, 0.15) is 5.75 Å². The van der Waals surface area contributed by atoms with Gasteiger partial charge in [0.05, 0.1) is 19.0 Å². The number of carbonyl (C=O) groups excluding carboxylic acids is 1. The molecule has 1 fully saturated rings. The minimum atomic E-state index is 0.141. The highest BCUT2D eigenvalue weighted by Gasteiger charge is 2.19. The number of Topliss-reactive ketones (excluding diaryl/α,β-unsaturated/α-hetero) is 1. The molecular formula is C15H19N3O2. The highest BCUT2D eigenvalue weighted by atomic mass is 16.5. The van der Waals surface area contributed by atoms with Crippen LogP contribution in [0, 0.1) is 0 Å². The zero-order chi connectivity index (χ0) is 13.9. The standard InChI is InChI=1S/C15H19N3O2/c1-20-14-4-2-3-12-15(14)11(9-17-12)13(19)10-18-7-5-16-6-8-18/h2-4,9,16-17H,5-8,10H2,1H3. The molecule has 3 rings (SSSR count). The fourth-order valence-corrected chi connectivity index (χ4v) is 2.70. The summed E-state index contributed by atoms with van der Waals surface area (Å²) in [6.45, 7) is 4.21. The van der Waals surface area contributed by atoms with E-state index in [2.05, 4.69) is 15.2 Å². The van der Waals surface area contributed by atoms with Gasteiger partial charge in [-0.25, -0.2) is 0 Å². The van der Waals surface area contributed by atoms with E-state index in [1.807, 2.05) is 18.2 Å². The predicted octanol–water partition coefficient (Wildman–Crippen LogP) is 1.26. The number of ketones is 1. The van der Waals surface area contributed by atoms with Gasteiger partial charge in [0, 0.05) is 43.5 Å². The fourth-order valence-electron chi connectivity index (χ4n) is 2.70. The number of H-pyrrole nitrogens is 1. The molecule has 0 aliphatic carbocycles. The van der Waals surface area contributed by atoms with Gasteiger partial charge < -0.3 is 15.0 Å². The maximum absolute atomic E-state index is 12.5. The van der Waals surface area contributed by atoms with E-state index in [9.17, 15) is 4.79 Å². The second-order valence-electron chi connectivity index (χ2n) is 5.03. The Kier molecular flexibility index (Phi) is 3.71. The average molecular weight is 273 g/mol. The van der Waals surface area contributed by atoms with Gasteiger partial charge in [-0.3, -0.25) is 9.69 Å². The number of methoxy groups -OCH3 is 1. The molecule has 0 unspecified atom stereocenters. The Morgan fingerprint density at radius 3 is 2.90 bits per heavy atom. The first-order valence-corrected chi connectivity index (χ1v) is 6.90. The third-order valence-corrected chi connectivity index (χ3v) is 3.76. The average Bonchev–Trinajstić information content (AvgIpc) is 2.92. The summed E-state index contributed by atoms with van der Waals surface area (Å²) in [7, 11) is 1.63. The van der Waals surface area contributed by atoms with E-state index in [1.165, 1.54) is 0 Å². The first kappa shape index (κ1) is 13.1. The van der Waals surface area contributed by atoms with Gasteiger partial charge in [0.15, 0.2) is 5.78 Å². The van der Waals surface area contributed by atoms with Crippen LogP contribution in [0.15, 0.2) is 24.4 Å². The number of nitrogens with zero attached hydrogens (tertiary/aromatic N) is 1. The lowest BCUT2D eigenvalue weighted by Crippen LogP contribution is -2.45. The lowest BCUT2D eigenvalue weighted by molar-refractivity contribution is 0.0923. The van der Waals surface area contributed by atoms with Crippen LogP contribution in [-0.4, -0.2) is 55.5 Å². The van der Waals surface area contributed by atoms with Crippen LogP contribution in [0.25, 0.3) is 10.9 Å². The van der Waals surface area contributed by atoms with Gasteiger partial charge in [0.2, 0.25) is 0 Å². The number of fused-ring (bicyclic) bond motifs is 1. The number of hydrogen-bond acceptors (Lipinski definition) is 4. The molecule has 0 atom stereocenters. The van der Waals surface area contributed by atoms with Crippen molar-refractivity contribution in [1.82, 2.24) is 15.2 Å². The van der Waals surface area contributed by atoms with Crippen molar-refractivity contribution in [2.75, 3.05) is 39.8 Å². The van der Waals surface area contributed by atoms with E-state index in [0.717, 1.165) is 48.4 Å². The van der Waals surface area contributed by atoms with Crippen LogP contribution in [-0.2, 0) is 0 Å². The van der Waals surface area contributed by atoms with Gasteiger partial charge >= 0.3 is 0 Å². The second kappa shape index (κ2) is 5.64. The van der Waals surface area contributed by atoms with Gasteiger partial charge in [-0.1, -0.05) is 6.07 Å². The Bertz CT molecular complexity index is 615. The van der Waals surface area contributed by atoms with Crippen LogP contribution in [0.5, 0.6) is 5.75 Å². The summed E-state index contributed by atoms with van der Waals surface area (Å²) in [6, 6.07) is 5.76. The molecule has 1 saturated heterocycles. The molecule has 2 heterocycles. The number of aromatic amines is 1. The molecule has 0 amide bonds. The molecule has 5 heteroatoms. The molecule has 20 heavy (non-hydrogen) atoms. The molecule has 1 aromatic heterocycles. The quantitative estimate of drug-likeness (QED) is 0.824. The molecule has 1 aromatic carbocycles. The van der Waals surface area contributed by atoms with Gasteiger partial charge in [0.25, 0.3) is 0 Å². The van der Waals surface area contributed by atoms with Gasteiger partial charge in [-0.05, 0) is 12.1 Å². The molecule has 1 aliphatic heterocycles. The molecule has 2 N–H and O–H groups in total. The summed E-state index contributed by atoms with van der Waals surface area (Å²) >= 11 is 0. The Morgan fingerprint density at radius 2 is 2.15 bits per heavy atom. The third-order valence-electron chi connectivity index (χ3n) is 3.76. The number of benzene rings is 1. The molecule has 2 aromatic rings. The Labute approximate surface area is 117 Å². The van der Waals surface area contributed by atoms with E-state index in [0.29, 0.717) is 6.54 Å². The second-order valence-corrected chi connectivity index (χ2v) is 5.03. The van der Waals surface area contributed by atoms with E-state index < -0.39 is 0 Å². The Hall–Kier alpha value is -1.85. The van der Waals surface area contributed by atoms with E-state index >= 15 is 0 Å². The van der Waals surface area contributed by atoms with Crippen molar-refractivity contribution in [2.45, 2.75) is 0 Å². The van der Waals surface area contributed by atoms with Crippen LogP contribution in [0.2, 0.25) is 0 Å². The molecule has 5 nitrogen and oxygen atoms in total. The number of aromatic nitrogens is 1. The van der Waals surface area contributed by atoms with Crippen LogP contribution in [0.1, 0.15) is 10.4 Å². The summed E-state index contributed by atoms with van der Waals surface area (Å²) < 4.78 is 5.37. The maximum Gasteiger partial charge on any atom is 0.179 e. The summed E-state index contributed by atoms with van der Waals surface area (Å²) in [5.74, 6) is 0.884. The van der Waals surface area contributed by atoms with Crippen molar-refractivity contribution in [3.8, 4) is 5.75 Å². The van der Waals surface area contributed by atoms with Crippen molar-refractivity contribution >= 4 is 16.7 Å². The highest BCUT2D eigenvalue weighted by molar-refractivity contribution is 6.10. The van der Waals surface area contributed by atoms with Crippen molar-refractivity contribution in [3.63, 3.8) is 0 Å². The van der Waals surface area contributed by atoms with Crippen LogP contribution >= 0.6 is 0 Å². The minimum Gasteiger partial charge on any atom is -0.496 e. The van der Waals surface area contributed by atoms with Crippen LogP contribution in [0.4, 0.5) is 0 Å².